The maximum atomic E-state index is 13.3. The van der Waals surface area contributed by atoms with E-state index in [2.05, 4.69) is 12.1 Å². The Morgan fingerprint density at radius 1 is 1.05 bits per heavy atom. The topological polar surface area (TPSA) is 75.5 Å². The van der Waals surface area contributed by atoms with E-state index in [4.69, 9.17) is 14.5 Å². The van der Waals surface area contributed by atoms with Gasteiger partial charge in [-0.1, -0.05) is 55.7 Å². The van der Waals surface area contributed by atoms with E-state index < -0.39 is 11.7 Å². The summed E-state index contributed by atoms with van der Waals surface area (Å²) >= 11 is 0. The predicted molar refractivity (Wildman–Crippen MR) is 144 cm³/mol. The standard InChI is InChI=1S/C31H35N3O3/c1-31(2,3)37-30(35)34(21-27-16-14-26(20-33-27)24-12-8-5-9-13-24)28-17-15-25(19-32)29(18-28)36-22-23-10-6-4-7-11-23/h4,6-7,10-11,14-18,20,24H,5,8-9,12-13,21-22H2,1-3H3. The molecule has 6 heteroatoms. The molecule has 0 spiro atoms. The number of carbonyl (C=O) groups is 1. The summed E-state index contributed by atoms with van der Waals surface area (Å²) in [4.78, 5) is 19.5. The maximum absolute atomic E-state index is 13.3. The normalized spacial score (nSPS) is 14.0. The number of pyridine rings is 1. The van der Waals surface area contributed by atoms with Crippen molar-refractivity contribution in [2.75, 3.05) is 4.90 Å². The van der Waals surface area contributed by atoms with Gasteiger partial charge in [0.1, 0.15) is 24.0 Å². The first-order valence-electron chi connectivity index (χ1n) is 13.0. The van der Waals surface area contributed by atoms with Gasteiger partial charge in [-0.25, -0.2) is 4.79 Å². The Balaban J connectivity index is 1.59. The van der Waals surface area contributed by atoms with Crippen molar-refractivity contribution in [3.8, 4) is 11.8 Å². The highest BCUT2D eigenvalue weighted by molar-refractivity contribution is 5.88. The predicted octanol–water partition coefficient (Wildman–Crippen LogP) is 7.52. The first-order valence-corrected chi connectivity index (χ1v) is 13.0. The lowest BCUT2D eigenvalue weighted by atomic mass is 9.85. The third-order valence-electron chi connectivity index (χ3n) is 6.49. The van der Waals surface area contributed by atoms with E-state index in [9.17, 15) is 10.1 Å². The Morgan fingerprint density at radius 3 is 2.46 bits per heavy atom. The van der Waals surface area contributed by atoms with Gasteiger partial charge in [0.05, 0.1) is 23.5 Å². The van der Waals surface area contributed by atoms with Crippen LogP contribution in [0.4, 0.5) is 10.5 Å². The number of nitrogens with zero attached hydrogens (tertiary/aromatic N) is 3. The molecule has 0 radical (unpaired) electrons. The number of rotatable bonds is 7. The summed E-state index contributed by atoms with van der Waals surface area (Å²) in [6.45, 7) is 6.08. The first kappa shape index (κ1) is 26.2. The minimum Gasteiger partial charge on any atom is -0.487 e. The molecule has 1 amide bonds. The number of anilines is 1. The van der Waals surface area contributed by atoms with Crippen LogP contribution in [0.3, 0.4) is 0 Å². The zero-order chi connectivity index (χ0) is 26.3. The Kier molecular flexibility index (Phi) is 8.45. The molecule has 0 bridgehead atoms. The molecule has 192 valence electrons. The zero-order valence-electron chi connectivity index (χ0n) is 21.9. The fourth-order valence-electron chi connectivity index (χ4n) is 4.57. The fourth-order valence-corrected chi connectivity index (χ4v) is 4.57. The molecule has 37 heavy (non-hydrogen) atoms. The fraction of sp³-hybridized carbons (Fsp3) is 0.387. The van der Waals surface area contributed by atoms with Crippen molar-refractivity contribution in [1.82, 2.24) is 4.98 Å². The molecule has 0 N–H and O–H groups in total. The summed E-state index contributed by atoms with van der Waals surface area (Å²) in [6.07, 6.45) is 7.74. The van der Waals surface area contributed by atoms with Crippen LogP contribution in [-0.2, 0) is 17.9 Å². The number of hydrogen-bond donors (Lipinski definition) is 0. The molecule has 1 heterocycles. The van der Waals surface area contributed by atoms with E-state index in [0.29, 0.717) is 29.5 Å². The molecular weight excluding hydrogens is 462 g/mol. The van der Waals surface area contributed by atoms with Crippen molar-refractivity contribution < 1.29 is 14.3 Å². The minimum atomic E-state index is -0.660. The molecule has 1 aliphatic carbocycles. The molecule has 1 fully saturated rings. The van der Waals surface area contributed by atoms with E-state index in [1.54, 1.807) is 23.1 Å². The number of benzene rings is 2. The van der Waals surface area contributed by atoms with Gasteiger partial charge in [0.25, 0.3) is 0 Å². The summed E-state index contributed by atoms with van der Waals surface area (Å²) in [6, 6.07) is 21.2. The molecule has 6 nitrogen and oxygen atoms in total. The van der Waals surface area contributed by atoms with Crippen molar-refractivity contribution in [2.24, 2.45) is 0 Å². The Morgan fingerprint density at radius 2 is 1.81 bits per heavy atom. The summed E-state index contributed by atoms with van der Waals surface area (Å²) in [5, 5.41) is 9.63. The number of ether oxygens (including phenoxy) is 2. The van der Waals surface area contributed by atoms with Crippen LogP contribution in [0.25, 0.3) is 0 Å². The molecule has 0 atom stereocenters. The molecule has 1 saturated carbocycles. The first-order chi connectivity index (χ1) is 17.8. The van der Waals surface area contributed by atoms with Crippen molar-refractivity contribution in [3.05, 3.63) is 89.2 Å². The Hall–Kier alpha value is -3.85. The van der Waals surface area contributed by atoms with Crippen molar-refractivity contribution >= 4 is 11.8 Å². The lowest BCUT2D eigenvalue weighted by molar-refractivity contribution is 0.0577. The molecule has 1 aliphatic rings. The van der Waals surface area contributed by atoms with E-state index >= 15 is 0 Å². The molecule has 1 aromatic heterocycles. The van der Waals surface area contributed by atoms with Gasteiger partial charge in [0, 0.05) is 12.3 Å². The number of aromatic nitrogens is 1. The van der Waals surface area contributed by atoms with Gasteiger partial charge in [0.2, 0.25) is 0 Å². The largest absolute Gasteiger partial charge is 0.487 e. The second-order valence-corrected chi connectivity index (χ2v) is 10.6. The van der Waals surface area contributed by atoms with Crippen molar-refractivity contribution in [2.45, 2.75) is 77.5 Å². The highest BCUT2D eigenvalue weighted by atomic mass is 16.6. The maximum Gasteiger partial charge on any atom is 0.415 e. The lowest BCUT2D eigenvalue weighted by Crippen LogP contribution is -2.36. The van der Waals surface area contributed by atoms with E-state index in [1.807, 2.05) is 63.4 Å². The van der Waals surface area contributed by atoms with Crippen LogP contribution in [0.2, 0.25) is 0 Å². The van der Waals surface area contributed by atoms with Crippen LogP contribution in [0, 0.1) is 11.3 Å². The SMILES string of the molecule is CC(C)(C)OC(=O)N(Cc1ccc(C2CCCCC2)cn1)c1ccc(C#N)c(OCc2ccccc2)c1. The van der Waals surface area contributed by atoms with E-state index in [0.717, 1.165) is 11.3 Å². The van der Waals surface area contributed by atoms with Gasteiger partial charge in [-0.05, 0) is 68.9 Å². The molecule has 2 aromatic carbocycles. The third kappa shape index (κ3) is 7.33. The van der Waals surface area contributed by atoms with Gasteiger partial charge in [0.15, 0.2) is 0 Å². The van der Waals surface area contributed by atoms with Crippen molar-refractivity contribution in [1.29, 1.82) is 5.26 Å². The van der Waals surface area contributed by atoms with Crippen LogP contribution in [0.15, 0.2) is 66.9 Å². The average molecular weight is 498 g/mol. The zero-order valence-corrected chi connectivity index (χ0v) is 21.9. The Labute approximate surface area is 219 Å². The molecule has 0 aliphatic heterocycles. The summed E-state index contributed by atoms with van der Waals surface area (Å²) in [7, 11) is 0. The molecule has 0 saturated heterocycles. The van der Waals surface area contributed by atoms with Crippen LogP contribution in [-0.4, -0.2) is 16.7 Å². The van der Waals surface area contributed by atoms with Gasteiger partial charge in [-0.2, -0.15) is 5.26 Å². The monoisotopic (exact) mass is 497 g/mol. The van der Waals surface area contributed by atoms with Crippen LogP contribution < -0.4 is 9.64 Å². The van der Waals surface area contributed by atoms with Crippen molar-refractivity contribution in [3.63, 3.8) is 0 Å². The van der Waals surface area contributed by atoms with E-state index in [1.165, 1.54) is 37.7 Å². The highest BCUT2D eigenvalue weighted by Crippen LogP contribution is 2.33. The summed E-state index contributed by atoms with van der Waals surface area (Å²) in [5.41, 5.74) is 3.34. The molecular formula is C31H35N3O3. The smallest absolute Gasteiger partial charge is 0.415 e. The number of nitriles is 1. The van der Waals surface area contributed by atoms with Gasteiger partial charge < -0.3 is 9.47 Å². The average Bonchev–Trinajstić information content (AvgIpc) is 2.91. The second kappa shape index (κ2) is 11.9. The second-order valence-electron chi connectivity index (χ2n) is 10.6. The van der Waals surface area contributed by atoms with Gasteiger partial charge in [-0.15, -0.1) is 0 Å². The summed E-state index contributed by atoms with van der Waals surface area (Å²) < 4.78 is 11.7. The van der Waals surface area contributed by atoms with E-state index in [-0.39, 0.29) is 6.54 Å². The molecule has 4 rings (SSSR count). The number of amides is 1. The molecule has 3 aromatic rings. The van der Waals surface area contributed by atoms with Crippen LogP contribution in [0.1, 0.15) is 81.2 Å². The Bertz CT molecular complexity index is 1220. The lowest BCUT2D eigenvalue weighted by Gasteiger charge is -2.28. The minimum absolute atomic E-state index is 0.240. The number of carbonyl (C=O) groups excluding carboxylic acids is 1. The van der Waals surface area contributed by atoms with Crippen LogP contribution >= 0.6 is 0 Å². The van der Waals surface area contributed by atoms with Gasteiger partial charge in [-0.3, -0.25) is 9.88 Å². The summed E-state index contributed by atoms with van der Waals surface area (Å²) in [5.74, 6) is 0.984. The number of hydrogen-bond acceptors (Lipinski definition) is 5. The molecule has 0 unspecified atom stereocenters. The van der Waals surface area contributed by atoms with Crippen LogP contribution in [0.5, 0.6) is 5.75 Å². The quantitative estimate of drug-likeness (QED) is 0.337. The van der Waals surface area contributed by atoms with Gasteiger partial charge >= 0.3 is 6.09 Å². The third-order valence-corrected chi connectivity index (χ3v) is 6.49. The highest BCUT2D eigenvalue weighted by Gasteiger charge is 2.25.